The van der Waals surface area contributed by atoms with E-state index in [1.54, 1.807) is 20.8 Å². The van der Waals surface area contributed by atoms with Gasteiger partial charge in [-0.15, -0.1) is 0 Å². The first-order valence-corrected chi connectivity index (χ1v) is 5.25. The Labute approximate surface area is 105 Å². The van der Waals surface area contributed by atoms with Crippen LogP contribution in [0, 0.1) is 0 Å². The molecule has 1 amide bonds. The van der Waals surface area contributed by atoms with Crippen molar-refractivity contribution >= 4 is 19.2 Å². The molecule has 0 bridgehead atoms. The fourth-order valence-corrected chi connectivity index (χ4v) is 1.05. The molecule has 0 unspecified atom stereocenters. The summed E-state index contributed by atoms with van der Waals surface area (Å²) in [4.78, 5) is 15.2. The normalized spacial score (nSPS) is 10.7. The number of hydrogen-bond donors (Lipinski definition) is 3. The van der Waals surface area contributed by atoms with Gasteiger partial charge < -0.3 is 19.4 Å². The van der Waals surface area contributed by atoms with Crippen molar-refractivity contribution in [2.45, 2.75) is 26.4 Å². The molecule has 0 aliphatic rings. The maximum Gasteiger partial charge on any atom is 0.707 e. The Hall–Kier alpha value is -1.80. The van der Waals surface area contributed by atoms with Gasteiger partial charge in [-0.1, -0.05) is 0 Å². The molecule has 0 radical (unpaired) electrons. The third-order valence-electron chi connectivity index (χ3n) is 1.61. The lowest BCUT2D eigenvalue weighted by atomic mass is 10.2. The fraction of sp³-hybridized carbons (Fsp3) is 0.400. The molecule has 8 heteroatoms. The van der Waals surface area contributed by atoms with Gasteiger partial charge in [0, 0.05) is 0 Å². The van der Waals surface area contributed by atoms with Gasteiger partial charge in [-0.05, 0) is 32.9 Å². The summed E-state index contributed by atoms with van der Waals surface area (Å²) in [6.07, 6.45) is 0.623. The van der Waals surface area contributed by atoms with Crippen molar-refractivity contribution in [3.63, 3.8) is 0 Å². The Bertz CT molecular complexity index is 402. The van der Waals surface area contributed by atoms with Crippen LogP contribution in [0.25, 0.3) is 0 Å². The van der Waals surface area contributed by atoms with E-state index in [-0.39, 0.29) is 11.6 Å². The van der Waals surface area contributed by atoms with Gasteiger partial charge in [0.2, 0.25) is 0 Å². The highest BCUT2D eigenvalue weighted by Gasteiger charge is 2.16. The number of carbonyl (C=O) groups is 1. The van der Waals surface area contributed by atoms with Crippen molar-refractivity contribution in [2.24, 2.45) is 0 Å². The predicted molar refractivity (Wildman–Crippen MR) is 64.9 cm³/mol. The summed E-state index contributed by atoms with van der Waals surface area (Å²) < 4.78 is 9.59. The molecule has 1 rings (SSSR count). The van der Waals surface area contributed by atoms with E-state index >= 15 is 0 Å². The van der Waals surface area contributed by atoms with E-state index in [1.165, 1.54) is 18.3 Å². The molecule has 1 aromatic heterocycles. The minimum absolute atomic E-state index is 0.166. The molecule has 18 heavy (non-hydrogen) atoms. The molecule has 0 aliphatic heterocycles. The number of nitrogens with zero attached hydrogens (tertiary/aromatic N) is 1. The van der Waals surface area contributed by atoms with Gasteiger partial charge in [0.15, 0.2) is 0 Å². The van der Waals surface area contributed by atoms with E-state index in [9.17, 15) is 4.79 Å². The van der Waals surface area contributed by atoms with Gasteiger partial charge in [0.25, 0.3) is 0 Å². The van der Waals surface area contributed by atoms with Crippen LogP contribution in [0.4, 0.5) is 10.6 Å². The zero-order chi connectivity index (χ0) is 13.8. The van der Waals surface area contributed by atoms with Crippen LogP contribution >= 0.6 is 0 Å². The highest BCUT2D eigenvalue weighted by molar-refractivity contribution is 6.33. The molecule has 3 N–H and O–H groups in total. The van der Waals surface area contributed by atoms with Crippen LogP contribution in [0.15, 0.2) is 18.3 Å². The third-order valence-corrected chi connectivity index (χ3v) is 1.61. The van der Waals surface area contributed by atoms with Crippen molar-refractivity contribution in [3.8, 4) is 5.75 Å². The molecule has 98 valence electrons. The number of hydrogen-bond acceptors (Lipinski definition) is 6. The summed E-state index contributed by atoms with van der Waals surface area (Å²) in [5, 5.41) is 19.6. The molecule has 0 fully saturated rings. The SMILES string of the molecule is CC(C)(C)OC(=O)Nc1ccc(OB(O)O)cn1. The van der Waals surface area contributed by atoms with Crippen molar-refractivity contribution in [1.29, 1.82) is 0 Å². The maximum atomic E-state index is 11.4. The molecule has 1 aromatic rings. The predicted octanol–water partition coefficient (Wildman–Crippen LogP) is 0.777. The second-order valence-electron chi connectivity index (χ2n) is 4.45. The number of ether oxygens (including phenoxy) is 1. The molecular formula is C10H15BN2O5. The summed E-state index contributed by atoms with van der Waals surface area (Å²) in [5.41, 5.74) is -0.589. The van der Waals surface area contributed by atoms with Crippen molar-refractivity contribution in [1.82, 2.24) is 4.98 Å². The van der Waals surface area contributed by atoms with Gasteiger partial charge >= 0.3 is 13.4 Å². The number of pyridine rings is 1. The molecule has 0 spiro atoms. The Kier molecular flexibility index (Phi) is 4.52. The van der Waals surface area contributed by atoms with E-state index in [1.807, 2.05) is 0 Å². The summed E-state index contributed by atoms with van der Waals surface area (Å²) in [7, 11) is -1.91. The fourth-order valence-electron chi connectivity index (χ4n) is 1.05. The molecule has 1 heterocycles. The van der Waals surface area contributed by atoms with Gasteiger partial charge in [-0.3, -0.25) is 5.32 Å². The lowest BCUT2D eigenvalue weighted by Crippen LogP contribution is -2.27. The first-order valence-electron chi connectivity index (χ1n) is 5.25. The largest absolute Gasteiger partial charge is 0.707 e. The van der Waals surface area contributed by atoms with Crippen molar-refractivity contribution < 1.29 is 24.2 Å². The van der Waals surface area contributed by atoms with Crippen LogP contribution < -0.4 is 9.97 Å². The average molecular weight is 254 g/mol. The minimum Gasteiger partial charge on any atom is -0.511 e. The number of carbonyl (C=O) groups excluding carboxylic acids is 1. The van der Waals surface area contributed by atoms with E-state index in [4.69, 9.17) is 14.8 Å². The molecule has 0 saturated heterocycles. The third kappa shape index (κ3) is 5.51. The molecule has 0 atom stereocenters. The molecule has 7 nitrogen and oxygen atoms in total. The summed E-state index contributed by atoms with van der Waals surface area (Å²) in [5.74, 6) is 0.434. The number of rotatable bonds is 3. The lowest BCUT2D eigenvalue weighted by Gasteiger charge is -2.19. The Morgan fingerprint density at radius 2 is 2.06 bits per heavy atom. The van der Waals surface area contributed by atoms with Crippen LogP contribution in [0.3, 0.4) is 0 Å². The number of nitrogens with one attached hydrogen (secondary N) is 1. The maximum absolute atomic E-state index is 11.4. The molecule has 0 aromatic carbocycles. The second-order valence-corrected chi connectivity index (χ2v) is 4.45. The van der Waals surface area contributed by atoms with Crippen molar-refractivity contribution in [3.05, 3.63) is 18.3 Å². The summed E-state index contributed by atoms with van der Waals surface area (Å²) >= 11 is 0. The van der Waals surface area contributed by atoms with E-state index in [0.717, 1.165) is 0 Å². The van der Waals surface area contributed by atoms with E-state index in [2.05, 4.69) is 15.0 Å². The van der Waals surface area contributed by atoms with Crippen LogP contribution in [0.2, 0.25) is 0 Å². The lowest BCUT2D eigenvalue weighted by molar-refractivity contribution is 0.0635. The highest BCUT2D eigenvalue weighted by atomic mass is 16.6. The summed E-state index contributed by atoms with van der Waals surface area (Å²) in [6.45, 7) is 5.25. The van der Waals surface area contributed by atoms with Crippen LogP contribution in [0.1, 0.15) is 20.8 Å². The number of amides is 1. The summed E-state index contributed by atoms with van der Waals surface area (Å²) in [6, 6.07) is 2.88. The monoisotopic (exact) mass is 254 g/mol. The van der Waals surface area contributed by atoms with Gasteiger partial charge in [-0.25, -0.2) is 9.78 Å². The van der Waals surface area contributed by atoms with Crippen LogP contribution in [-0.4, -0.2) is 34.0 Å². The van der Waals surface area contributed by atoms with Gasteiger partial charge in [-0.2, -0.15) is 0 Å². The van der Waals surface area contributed by atoms with E-state index in [0.29, 0.717) is 0 Å². The molecule has 0 aliphatic carbocycles. The van der Waals surface area contributed by atoms with Gasteiger partial charge in [0.05, 0.1) is 6.20 Å². The Morgan fingerprint density at radius 1 is 1.39 bits per heavy atom. The van der Waals surface area contributed by atoms with Crippen molar-refractivity contribution in [2.75, 3.05) is 5.32 Å². The average Bonchev–Trinajstić information content (AvgIpc) is 2.17. The standard InChI is InChI=1S/C10H15BN2O5/c1-10(2,3)17-9(14)13-8-5-4-7(6-12-8)18-11(15)16/h4-6,15-16H,1-3H3,(H,12,13,14). The number of aromatic nitrogens is 1. The number of anilines is 1. The zero-order valence-corrected chi connectivity index (χ0v) is 10.4. The zero-order valence-electron chi connectivity index (χ0n) is 10.4. The highest BCUT2D eigenvalue weighted by Crippen LogP contribution is 2.14. The molecule has 0 saturated carbocycles. The van der Waals surface area contributed by atoms with E-state index < -0.39 is 19.0 Å². The first kappa shape index (κ1) is 14.3. The van der Waals surface area contributed by atoms with Gasteiger partial charge in [0.1, 0.15) is 17.2 Å². The Balaban J connectivity index is 2.56. The Morgan fingerprint density at radius 3 is 2.50 bits per heavy atom. The minimum atomic E-state index is -1.91. The van der Waals surface area contributed by atoms with Crippen LogP contribution in [-0.2, 0) is 4.74 Å². The van der Waals surface area contributed by atoms with Crippen LogP contribution in [0.5, 0.6) is 5.75 Å². The first-order chi connectivity index (χ1) is 8.26. The topological polar surface area (TPSA) is 101 Å². The second kappa shape index (κ2) is 5.70. The smallest absolute Gasteiger partial charge is 0.511 e. The molecular weight excluding hydrogens is 239 g/mol. The quantitative estimate of drug-likeness (QED) is 0.689.